The Kier molecular flexibility index (Phi) is 4.65. The molecule has 2 aromatic rings. The van der Waals surface area contributed by atoms with E-state index in [2.05, 4.69) is 17.2 Å². The van der Waals surface area contributed by atoms with Crippen molar-refractivity contribution in [2.75, 3.05) is 6.54 Å². The Hall–Kier alpha value is -2.03. The summed E-state index contributed by atoms with van der Waals surface area (Å²) in [6.07, 6.45) is 6.96. The molecule has 0 heterocycles. The van der Waals surface area contributed by atoms with Crippen molar-refractivity contribution in [3.05, 3.63) is 72.8 Å². The average molecular weight is 355 g/mol. The van der Waals surface area contributed by atoms with Crippen molar-refractivity contribution in [1.29, 1.82) is 0 Å². The Morgan fingerprint density at radius 3 is 1.96 bits per heavy atom. The van der Waals surface area contributed by atoms with Crippen molar-refractivity contribution in [3.63, 3.8) is 0 Å². The molecule has 0 unspecified atom stereocenters. The Morgan fingerprint density at radius 1 is 0.880 bits per heavy atom. The van der Waals surface area contributed by atoms with E-state index in [9.17, 15) is 4.57 Å². The third-order valence-corrected chi connectivity index (χ3v) is 6.37. The number of nitrogens with one attached hydrogen (secondary N) is 1. The number of para-hydroxylation sites is 2. The molecule has 1 saturated carbocycles. The number of rotatable bonds is 7. The van der Waals surface area contributed by atoms with E-state index in [4.69, 9.17) is 9.05 Å². The summed E-state index contributed by atoms with van der Waals surface area (Å²) in [6, 6.07) is 18.3. The summed E-state index contributed by atoms with van der Waals surface area (Å²) >= 11 is 0. The van der Waals surface area contributed by atoms with E-state index in [-0.39, 0.29) is 0 Å². The largest absolute Gasteiger partial charge is 0.512 e. The molecule has 0 spiro atoms. The molecule has 4 nitrogen and oxygen atoms in total. The minimum atomic E-state index is -3.51. The Bertz CT molecular complexity index is 733. The van der Waals surface area contributed by atoms with Gasteiger partial charge in [-0.3, -0.25) is 0 Å². The second kappa shape index (κ2) is 7.07. The first-order valence-electron chi connectivity index (χ1n) is 8.73. The van der Waals surface area contributed by atoms with Crippen LogP contribution < -0.4 is 14.1 Å². The predicted molar refractivity (Wildman–Crippen MR) is 98.6 cm³/mol. The van der Waals surface area contributed by atoms with Gasteiger partial charge in [-0.25, -0.2) is 9.65 Å². The molecule has 0 aliphatic heterocycles. The number of allylic oxidation sites excluding steroid dienone is 2. The van der Waals surface area contributed by atoms with E-state index < -0.39 is 7.75 Å². The number of fused-ring (bicyclic) bond motifs is 2. The standard InChI is InChI=1S/C20H22NO3P/c22-25(23-19-7-3-1-4-8-19,24-20-9-5-2-6-10-20)21-15-18-14-16-11-12-17(18)13-16/h1-12,16-18H,13-15H2,(H,21,22)/t16-,17+,18-/m0/s1. The maximum atomic E-state index is 13.3. The van der Waals surface area contributed by atoms with Gasteiger partial charge < -0.3 is 9.05 Å². The van der Waals surface area contributed by atoms with Crippen molar-refractivity contribution in [1.82, 2.24) is 5.09 Å². The fourth-order valence-electron chi connectivity index (χ4n) is 3.68. The molecular formula is C20H22NO3P. The molecule has 2 bridgehead atoms. The van der Waals surface area contributed by atoms with Crippen molar-refractivity contribution < 1.29 is 13.6 Å². The monoisotopic (exact) mass is 355 g/mol. The average Bonchev–Trinajstić information content (AvgIpc) is 3.25. The highest BCUT2D eigenvalue weighted by Gasteiger charge is 2.38. The summed E-state index contributed by atoms with van der Waals surface area (Å²) < 4.78 is 24.8. The first-order chi connectivity index (χ1) is 12.2. The summed E-state index contributed by atoms with van der Waals surface area (Å²) in [7, 11) is -3.51. The van der Waals surface area contributed by atoms with E-state index in [1.54, 1.807) is 24.3 Å². The summed E-state index contributed by atoms with van der Waals surface area (Å²) in [5.41, 5.74) is 0. The van der Waals surface area contributed by atoms with Crippen LogP contribution in [0.1, 0.15) is 12.8 Å². The van der Waals surface area contributed by atoms with Gasteiger partial charge in [-0.05, 0) is 54.9 Å². The molecule has 0 aromatic heterocycles. The Balaban J connectivity index is 1.48. The van der Waals surface area contributed by atoms with Gasteiger partial charge in [0.1, 0.15) is 11.5 Å². The second-order valence-electron chi connectivity index (χ2n) is 6.71. The van der Waals surface area contributed by atoms with Crippen LogP contribution in [-0.2, 0) is 4.57 Å². The Labute approximate surface area is 148 Å². The zero-order valence-corrected chi connectivity index (χ0v) is 14.8. The zero-order chi connectivity index (χ0) is 17.1. The fourth-order valence-corrected chi connectivity index (χ4v) is 5.10. The second-order valence-corrected chi connectivity index (χ2v) is 8.39. The lowest BCUT2D eigenvalue weighted by atomic mass is 9.94. The highest BCUT2D eigenvalue weighted by molar-refractivity contribution is 7.52. The third-order valence-electron chi connectivity index (χ3n) is 4.90. The molecule has 1 fully saturated rings. The van der Waals surface area contributed by atoms with Crippen LogP contribution in [0.2, 0.25) is 0 Å². The summed E-state index contributed by atoms with van der Waals surface area (Å²) in [5.74, 6) is 2.81. The quantitative estimate of drug-likeness (QED) is 0.557. The van der Waals surface area contributed by atoms with Gasteiger partial charge in [-0.2, -0.15) is 0 Å². The summed E-state index contributed by atoms with van der Waals surface area (Å²) in [6.45, 7) is 0.627. The maximum Gasteiger partial charge on any atom is 0.512 e. The van der Waals surface area contributed by atoms with Crippen LogP contribution in [0.25, 0.3) is 0 Å². The smallest absolute Gasteiger partial charge is 0.405 e. The molecule has 0 amide bonds. The van der Waals surface area contributed by atoms with Crippen LogP contribution in [-0.4, -0.2) is 6.54 Å². The topological polar surface area (TPSA) is 47.6 Å². The lowest BCUT2D eigenvalue weighted by Crippen LogP contribution is -2.27. The van der Waals surface area contributed by atoms with E-state index >= 15 is 0 Å². The molecule has 0 radical (unpaired) electrons. The van der Waals surface area contributed by atoms with Crippen molar-refractivity contribution in [2.45, 2.75) is 12.8 Å². The van der Waals surface area contributed by atoms with E-state index in [1.165, 1.54) is 6.42 Å². The fraction of sp³-hybridized carbons (Fsp3) is 0.300. The van der Waals surface area contributed by atoms with Crippen LogP contribution in [0, 0.1) is 17.8 Å². The molecule has 2 aliphatic carbocycles. The first kappa shape index (κ1) is 16.4. The van der Waals surface area contributed by atoms with E-state index in [0.29, 0.717) is 35.8 Å². The van der Waals surface area contributed by atoms with Crippen molar-refractivity contribution >= 4 is 7.75 Å². The molecule has 3 atom stereocenters. The number of benzene rings is 2. The molecule has 4 rings (SSSR count). The lowest BCUT2D eigenvalue weighted by Gasteiger charge is -2.24. The van der Waals surface area contributed by atoms with Gasteiger partial charge >= 0.3 is 7.75 Å². The van der Waals surface area contributed by atoms with Gasteiger partial charge in [0.15, 0.2) is 0 Å². The zero-order valence-electron chi connectivity index (χ0n) is 14.0. The molecule has 5 heteroatoms. The number of hydrogen-bond donors (Lipinski definition) is 1. The highest BCUT2D eigenvalue weighted by atomic mass is 31.2. The molecule has 2 aromatic carbocycles. The molecule has 1 N–H and O–H groups in total. The molecule has 0 saturated heterocycles. The van der Waals surface area contributed by atoms with Crippen LogP contribution in [0.15, 0.2) is 72.8 Å². The van der Waals surface area contributed by atoms with Crippen LogP contribution >= 0.6 is 7.75 Å². The Morgan fingerprint density at radius 2 is 1.48 bits per heavy atom. The lowest BCUT2D eigenvalue weighted by molar-refractivity contribution is 0.354. The van der Waals surface area contributed by atoms with Crippen LogP contribution in [0.3, 0.4) is 0 Å². The minimum absolute atomic E-state index is 0.488. The van der Waals surface area contributed by atoms with Crippen molar-refractivity contribution in [2.24, 2.45) is 17.8 Å². The molecular weight excluding hydrogens is 333 g/mol. The maximum absolute atomic E-state index is 13.3. The van der Waals surface area contributed by atoms with Gasteiger partial charge in [0.2, 0.25) is 0 Å². The van der Waals surface area contributed by atoms with Gasteiger partial charge in [0, 0.05) is 6.54 Å². The SMILES string of the molecule is O=P(NC[C@@H]1C[C@H]2C=C[C@@H]1C2)(Oc1ccccc1)Oc1ccccc1. The normalized spacial score (nSPS) is 24.4. The van der Waals surface area contributed by atoms with E-state index in [1.807, 2.05) is 36.4 Å². The highest BCUT2D eigenvalue weighted by Crippen LogP contribution is 2.47. The van der Waals surface area contributed by atoms with Gasteiger partial charge in [0.25, 0.3) is 0 Å². The molecule has 130 valence electrons. The van der Waals surface area contributed by atoms with E-state index in [0.717, 1.165) is 6.42 Å². The summed E-state index contributed by atoms with van der Waals surface area (Å²) in [4.78, 5) is 0. The van der Waals surface area contributed by atoms with Crippen LogP contribution in [0.4, 0.5) is 0 Å². The van der Waals surface area contributed by atoms with Gasteiger partial charge in [0.05, 0.1) is 0 Å². The molecule has 2 aliphatic rings. The summed E-state index contributed by atoms with van der Waals surface area (Å²) in [5, 5.41) is 3.10. The first-order valence-corrected chi connectivity index (χ1v) is 10.3. The third kappa shape index (κ3) is 3.97. The predicted octanol–water partition coefficient (Wildman–Crippen LogP) is 5.05. The van der Waals surface area contributed by atoms with Crippen molar-refractivity contribution in [3.8, 4) is 11.5 Å². The number of hydrogen-bond acceptors (Lipinski definition) is 3. The van der Waals surface area contributed by atoms with Gasteiger partial charge in [-0.1, -0.05) is 48.6 Å². The minimum Gasteiger partial charge on any atom is -0.405 e. The van der Waals surface area contributed by atoms with Gasteiger partial charge in [-0.15, -0.1) is 0 Å². The molecule has 25 heavy (non-hydrogen) atoms. The van der Waals surface area contributed by atoms with Crippen LogP contribution in [0.5, 0.6) is 11.5 Å².